The summed E-state index contributed by atoms with van der Waals surface area (Å²) in [7, 11) is 0. The van der Waals surface area contributed by atoms with Gasteiger partial charge in [-0.05, 0) is 54.1 Å². The molecule has 0 fully saturated rings. The topological polar surface area (TPSA) is 70.6 Å². The second-order valence-electron chi connectivity index (χ2n) is 6.03. The summed E-state index contributed by atoms with van der Waals surface area (Å²) in [5.41, 5.74) is 4.55. The number of hydrogen-bond acceptors (Lipinski definition) is 3. The average molecular weight is 387 g/mol. The highest BCUT2D eigenvalue weighted by Gasteiger charge is 2.09. The third kappa shape index (κ3) is 5.97. The monoisotopic (exact) mass is 387 g/mol. The summed E-state index contributed by atoms with van der Waals surface area (Å²) in [5, 5.41) is 6.55. The fourth-order valence-electron chi connectivity index (χ4n) is 2.46. The minimum atomic E-state index is -0.417. The van der Waals surface area contributed by atoms with E-state index in [1.165, 1.54) is 36.5 Å². The highest BCUT2D eigenvalue weighted by molar-refractivity contribution is 6.05. The number of nitrogens with one attached hydrogen (secondary N) is 2. The van der Waals surface area contributed by atoms with Gasteiger partial charge in [0.25, 0.3) is 11.8 Å². The Bertz CT molecular complexity index is 1050. The van der Waals surface area contributed by atoms with Crippen molar-refractivity contribution in [2.45, 2.75) is 0 Å². The SMILES string of the molecule is O=C(N/N=C/C=C/c1ccccc1)c1cccc(NC(=O)c2ccc(F)cc2)c1. The highest BCUT2D eigenvalue weighted by atomic mass is 19.1. The van der Waals surface area contributed by atoms with Gasteiger partial charge in [0.2, 0.25) is 0 Å². The van der Waals surface area contributed by atoms with E-state index in [0.717, 1.165) is 5.56 Å². The predicted molar refractivity (Wildman–Crippen MR) is 112 cm³/mol. The van der Waals surface area contributed by atoms with Crippen molar-refractivity contribution < 1.29 is 14.0 Å². The first kappa shape index (κ1) is 19.7. The molecule has 5 nitrogen and oxygen atoms in total. The molecule has 0 aliphatic carbocycles. The normalized spacial score (nSPS) is 10.9. The zero-order chi connectivity index (χ0) is 20.5. The van der Waals surface area contributed by atoms with Crippen molar-refractivity contribution in [3.05, 3.63) is 107 Å². The maximum Gasteiger partial charge on any atom is 0.271 e. The van der Waals surface area contributed by atoms with Crippen LogP contribution in [-0.4, -0.2) is 18.0 Å². The van der Waals surface area contributed by atoms with Crippen LogP contribution in [0.2, 0.25) is 0 Å². The number of benzene rings is 3. The van der Waals surface area contributed by atoms with E-state index in [4.69, 9.17) is 0 Å². The second-order valence-corrected chi connectivity index (χ2v) is 6.03. The molecule has 0 saturated heterocycles. The Kier molecular flexibility index (Phi) is 6.62. The van der Waals surface area contributed by atoms with Gasteiger partial charge in [-0.1, -0.05) is 42.5 Å². The molecule has 144 valence electrons. The van der Waals surface area contributed by atoms with Crippen LogP contribution in [0.15, 0.2) is 90.0 Å². The molecule has 0 saturated carbocycles. The Morgan fingerprint density at radius 3 is 2.34 bits per heavy atom. The summed E-state index contributed by atoms with van der Waals surface area (Å²) in [4.78, 5) is 24.4. The molecule has 3 aromatic carbocycles. The van der Waals surface area contributed by atoms with Crippen LogP contribution in [0.25, 0.3) is 6.08 Å². The van der Waals surface area contributed by atoms with E-state index < -0.39 is 17.6 Å². The molecule has 29 heavy (non-hydrogen) atoms. The lowest BCUT2D eigenvalue weighted by Gasteiger charge is -2.07. The fourth-order valence-corrected chi connectivity index (χ4v) is 2.46. The van der Waals surface area contributed by atoms with Crippen molar-refractivity contribution >= 4 is 29.8 Å². The minimum absolute atomic E-state index is 0.316. The number of halogens is 1. The number of hydrogen-bond donors (Lipinski definition) is 2. The Labute approximate surface area is 167 Å². The summed E-state index contributed by atoms with van der Waals surface area (Å²) in [5.74, 6) is -1.22. The van der Waals surface area contributed by atoms with Crippen molar-refractivity contribution in [2.75, 3.05) is 5.32 Å². The summed E-state index contributed by atoms with van der Waals surface area (Å²) in [6, 6.07) is 21.3. The van der Waals surface area contributed by atoms with Crippen LogP contribution in [0.1, 0.15) is 26.3 Å². The number of rotatable bonds is 6. The average Bonchev–Trinajstić information content (AvgIpc) is 2.74. The molecule has 0 atom stereocenters. The third-order valence-corrected chi connectivity index (χ3v) is 3.90. The summed E-state index contributed by atoms with van der Waals surface area (Å²) < 4.78 is 13.0. The van der Waals surface area contributed by atoms with E-state index in [1.54, 1.807) is 24.3 Å². The van der Waals surface area contributed by atoms with Crippen LogP contribution in [0.3, 0.4) is 0 Å². The predicted octanol–water partition coefficient (Wildman–Crippen LogP) is 4.51. The molecule has 0 bridgehead atoms. The van der Waals surface area contributed by atoms with Gasteiger partial charge in [-0.25, -0.2) is 9.82 Å². The van der Waals surface area contributed by atoms with Gasteiger partial charge in [-0.2, -0.15) is 5.10 Å². The van der Waals surface area contributed by atoms with Gasteiger partial charge >= 0.3 is 0 Å². The van der Waals surface area contributed by atoms with Gasteiger partial charge in [0.05, 0.1) is 0 Å². The smallest absolute Gasteiger partial charge is 0.271 e. The lowest BCUT2D eigenvalue weighted by atomic mass is 10.1. The molecule has 3 rings (SSSR count). The van der Waals surface area contributed by atoms with Crippen molar-refractivity contribution in [2.24, 2.45) is 5.10 Å². The summed E-state index contributed by atoms with van der Waals surface area (Å²) in [6.45, 7) is 0. The van der Waals surface area contributed by atoms with Crippen LogP contribution in [0.4, 0.5) is 10.1 Å². The van der Waals surface area contributed by atoms with Crippen LogP contribution in [0, 0.1) is 5.82 Å². The Hall–Kier alpha value is -4.06. The van der Waals surface area contributed by atoms with Crippen LogP contribution in [-0.2, 0) is 0 Å². The maximum absolute atomic E-state index is 13.0. The number of allylic oxidation sites excluding steroid dienone is 1. The van der Waals surface area contributed by atoms with Crippen molar-refractivity contribution in [1.29, 1.82) is 0 Å². The van der Waals surface area contributed by atoms with Gasteiger partial charge in [0.1, 0.15) is 5.82 Å². The van der Waals surface area contributed by atoms with Crippen molar-refractivity contribution in [3.63, 3.8) is 0 Å². The molecule has 0 aliphatic rings. The Morgan fingerprint density at radius 1 is 0.828 bits per heavy atom. The highest BCUT2D eigenvalue weighted by Crippen LogP contribution is 2.13. The lowest BCUT2D eigenvalue weighted by Crippen LogP contribution is -2.18. The Morgan fingerprint density at radius 2 is 1.59 bits per heavy atom. The number of carbonyl (C=O) groups is 2. The quantitative estimate of drug-likeness (QED) is 0.483. The van der Waals surface area contributed by atoms with Crippen molar-refractivity contribution in [1.82, 2.24) is 5.43 Å². The van der Waals surface area contributed by atoms with Gasteiger partial charge in [0.15, 0.2) is 0 Å². The summed E-state index contributed by atoms with van der Waals surface area (Å²) >= 11 is 0. The van der Waals surface area contributed by atoms with E-state index >= 15 is 0 Å². The molecule has 0 heterocycles. The van der Waals surface area contributed by atoms with Gasteiger partial charge in [-0.3, -0.25) is 9.59 Å². The molecule has 2 N–H and O–H groups in total. The zero-order valence-electron chi connectivity index (χ0n) is 15.4. The first-order valence-corrected chi connectivity index (χ1v) is 8.84. The van der Waals surface area contributed by atoms with E-state index in [1.807, 2.05) is 36.4 Å². The number of carbonyl (C=O) groups excluding carboxylic acids is 2. The van der Waals surface area contributed by atoms with E-state index in [-0.39, 0.29) is 0 Å². The van der Waals surface area contributed by atoms with Crippen LogP contribution < -0.4 is 10.7 Å². The minimum Gasteiger partial charge on any atom is -0.322 e. The van der Waals surface area contributed by atoms with Crippen LogP contribution in [0.5, 0.6) is 0 Å². The van der Waals surface area contributed by atoms with Gasteiger partial charge in [0, 0.05) is 23.0 Å². The molecule has 0 aliphatic heterocycles. The fraction of sp³-hybridized carbons (Fsp3) is 0. The lowest BCUT2D eigenvalue weighted by molar-refractivity contribution is 0.0953. The third-order valence-electron chi connectivity index (χ3n) is 3.90. The first-order valence-electron chi connectivity index (χ1n) is 8.84. The van der Waals surface area contributed by atoms with E-state index in [9.17, 15) is 14.0 Å². The largest absolute Gasteiger partial charge is 0.322 e. The van der Waals surface area contributed by atoms with Gasteiger partial charge < -0.3 is 5.32 Å². The molecule has 2 amide bonds. The molecule has 0 spiro atoms. The molecular weight excluding hydrogens is 369 g/mol. The second kappa shape index (κ2) is 9.75. The molecule has 6 heteroatoms. The molecular formula is C23H18FN3O2. The van der Waals surface area contributed by atoms with Crippen molar-refractivity contribution in [3.8, 4) is 0 Å². The standard InChI is InChI=1S/C23H18FN3O2/c24-20-13-11-18(12-14-20)22(28)26-21-10-4-9-19(16-21)23(29)27-25-15-5-8-17-6-2-1-3-7-17/h1-16H,(H,26,28)(H,27,29)/b8-5+,25-15+. The van der Waals surface area contributed by atoms with Crippen LogP contribution >= 0.6 is 0 Å². The number of anilines is 1. The Balaban J connectivity index is 1.57. The zero-order valence-corrected chi connectivity index (χ0v) is 15.4. The molecule has 0 aromatic heterocycles. The maximum atomic E-state index is 13.0. The summed E-state index contributed by atoms with van der Waals surface area (Å²) in [6.07, 6.45) is 5.06. The molecule has 3 aromatic rings. The molecule has 0 unspecified atom stereocenters. The van der Waals surface area contributed by atoms with E-state index in [0.29, 0.717) is 16.8 Å². The number of amides is 2. The first-order chi connectivity index (χ1) is 14.1. The van der Waals surface area contributed by atoms with Gasteiger partial charge in [-0.15, -0.1) is 0 Å². The number of hydrazone groups is 1. The number of nitrogens with zero attached hydrogens (tertiary/aromatic N) is 1. The molecule has 0 radical (unpaired) electrons. The van der Waals surface area contributed by atoms with E-state index in [2.05, 4.69) is 15.8 Å².